The second-order valence-electron chi connectivity index (χ2n) is 5.88. The van der Waals surface area contributed by atoms with Crippen molar-refractivity contribution in [2.24, 2.45) is 0 Å². The summed E-state index contributed by atoms with van der Waals surface area (Å²) in [6, 6.07) is 7.00. The van der Waals surface area contributed by atoms with E-state index >= 15 is 0 Å². The topological polar surface area (TPSA) is 0 Å². The summed E-state index contributed by atoms with van der Waals surface area (Å²) in [6.07, 6.45) is 15.8. The van der Waals surface area contributed by atoms with Gasteiger partial charge >= 0.3 is 0 Å². The van der Waals surface area contributed by atoms with Gasteiger partial charge in [-0.15, -0.1) is 0 Å². The van der Waals surface area contributed by atoms with Crippen LogP contribution in [0.1, 0.15) is 76.0 Å². The Morgan fingerprint density at radius 3 is 2.43 bits per heavy atom. The average molecular weight is 284 g/mol. The zero-order valence-electron chi connectivity index (χ0n) is 14.4. The van der Waals surface area contributed by atoms with E-state index in [4.69, 9.17) is 0 Å². The summed E-state index contributed by atoms with van der Waals surface area (Å²) < 4.78 is 0. The first-order chi connectivity index (χ1) is 10.2. The summed E-state index contributed by atoms with van der Waals surface area (Å²) in [5.74, 6) is 0. The molecule has 0 N–H and O–H groups in total. The number of aryl methyl sites for hydroxylation is 2. The highest BCUT2D eigenvalue weighted by molar-refractivity contribution is 5.76. The zero-order chi connectivity index (χ0) is 15.5. The number of hydrogen-bond acceptors (Lipinski definition) is 0. The highest BCUT2D eigenvalue weighted by atomic mass is 14.1. The number of rotatable bonds is 9. The molecule has 0 saturated heterocycles. The van der Waals surface area contributed by atoms with Crippen LogP contribution in [-0.4, -0.2) is 0 Å². The third-order valence-corrected chi connectivity index (χ3v) is 3.94. The van der Waals surface area contributed by atoms with E-state index in [1.807, 2.05) is 0 Å². The van der Waals surface area contributed by atoms with E-state index in [1.165, 1.54) is 60.8 Å². The summed E-state index contributed by atoms with van der Waals surface area (Å²) in [5.41, 5.74) is 5.62. The van der Waals surface area contributed by atoms with Crippen LogP contribution >= 0.6 is 0 Å². The molecule has 0 heteroatoms. The Morgan fingerprint density at radius 1 is 1.05 bits per heavy atom. The second-order valence-corrected chi connectivity index (χ2v) is 5.88. The molecule has 0 radical (unpaired) electrons. The Hall–Kier alpha value is -1.30. The fourth-order valence-electron chi connectivity index (χ4n) is 2.81. The monoisotopic (exact) mass is 284 g/mol. The average Bonchev–Trinajstić information content (AvgIpc) is 2.47. The van der Waals surface area contributed by atoms with Crippen LogP contribution in [0.25, 0.3) is 5.57 Å². The van der Waals surface area contributed by atoms with E-state index in [9.17, 15) is 0 Å². The quantitative estimate of drug-likeness (QED) is 0.342. The van der Waals surface area contributed by atoms with Gasteiger partial charge in [0.1, 0.15) is 0 Å². The Labute approximate surface area is 132 Å². The Bertz CT molecular complexity index is 463. The van der Waals surface area contributed by atoms with Crippen LogP contribution in [0.2, 0.25) is 0 Å². The molecule has 0 aliphatic rings. The number of benzene rings is 1. The van der Waals surface area contributed by atoms with E-state index in [-0.39, 0.29) is 0 Å². The minimum atomic E-state index is 1.08. The van der Waals surface area contributed by atoms with E-state index in [0.29, 0.717) is 0 Å². The molecular weight excluding hydrogens is 252 g/mol. The van der Waals surface area contributed by atoms with Crippen molar-refractivity contribution in [3.63, 3.8) is 0 Å². The SMILES string of the molecule is C/C=C\C(=C/CC)c1ccc(CCCCCCC)cc1C. The normalized spacial score (nSPS) is 12.3. The first-order valence-corrected chi connectivity index (χ1v) is 8.65. The molecule has 21 heavy (non-hydrogen) atoms. The standard InChI is InChI=1S/C21H32/c1-5-8-9-10-11-14-19-15-16-21(18(4)17-19)20(12-6-2)13-7-3/h6,12-13,15-17H,5,7-11,14H2,1-4H3/b12-6-,20-13+. The smallest absolute Gasteiger partial charge is 0.0158 e. The van der Waals surface area contributed by atoms with Crippen molar-refractivity contribution in [1.29, 1.82) is 0 Å². The van der Waals surface area contributed by atoms with Gasteiger partial charge in [-0.3, -0.25) is 0 Å². The first kappa shape index (κ1) is 17.8. The second kappa shape index (κ2) is 10.4. The van der Waals surface area contributed by atoms with Gasteiger partial charge in [0, 0.05) is 0 Å². The third-order valence-electron chi connectivity index (χ3n) is 3.94. The lowest BCUT2D eigenvalue weighted by Gasteiger charge is -2.10. The van der Waals surface area contributed by atoms with Crippen LogP contribution in [0, 0.1) is 6.92 Å². The van der Waals surface area contributed by atoms with Crippen molar-refractivity contribution >= 4 is 5.57 Å². The molecule has 0 amide bonds. The fraction of sp³-hybridized carbons (Fsp3) is 0.524. The molecule has 0 atom stereocenters. The van der Waals surface area contributed by atoms with Gasteiger partial charge in [0.05, 0.1) is 0 Å². The van der Waals surface area contributed by atoms with E-state index < -0.39 is 0 Å². The summed E-state index contributed by atoms with van der Waals surface area (Å²) in [4.78, 5) is 0. The first-order valence-electron chi connectivity index (χ1n) is 8.65. The van der Waals surface area contributed by atoms with Gasteiger partial charge in [-0.05, 0) is 55.4 Å². The largest absolute Gasteiger partial charge is 0.0871 e. The minimum absolute atomic E-state index is 1.08. The summed E-state index contributed by atoms with van der Waals surface area (Å²) >= 11 is 0. The maximum absolute atomic E-state index is 2.38. The Balaban J connectivity index is 2.69. The van der Waals surface area contributed by atoms with Crippen LogP contribution in [0.15, 0.2) is 36.4 Å². The Kier molecular flexibility index (Phi) is 8.82. The van der Waals surface area contributed by atoms with Crippen LogP contribution in [0.3, 0.4) is 0 Å². The summed E-state index contributed by atoms with van der Waals surface area (Å²) in [6.45, 7) is 8.80. The van der Waals surface area contributed by atoms with Crippen LogP contribution in [0.4, 0.5) is 0 Å². The van der Waals surface area contributed by atoms with E-state index in [0.717, 1.165) is 6.42 Å². The van der Waals surface area contributed by atoms with Gasteiger partial charge in [-0.25, -0.2) is 0 Å². The van der Waals surface area contributed by atoms with Gasteiger partial charge in [0.25, 0.3) is 0 Å². The van der Waals surface area contributed by atoms with Crippen LogP contribution in [0.5, 0.6) is 0 Å². The van der Waals surface area contributed by atoms with Crippen LogP contribution in [-0.2, 0) is 6.42 Å². The lowest BCUT2D eigenvalue weighted by molar-refractivity contribution is 0.632. The lowest BCUT2D eigenvalue weighted by atomic mass is 9.95. The number of hydrogen-bond donors (Lipinski definition) is 0. The molecule has 0 bridgehead atoms. The molecular formula is C21H32. The number of unbranched alkanes of at least 4 members (excludes halogenated alkanes) is 4. The summed E-state index contributed by atoms with van der Waals surface area (Å²) in [7, 11) is 0. The predicted molar refractivity (Wildman–Crippen MR) is 96.7 cm³/mol. The van der Waals surface area contributed by atoms with Crippen molar-refractivity contribution in [3.05, 3.63) is 53.1 Å². The zero-order valence-corrected chi connectivity index (χ0v) is 14.4. The van der Waals surface area contributed by atoms with E-state index in [2.05, 4.69) is 64.1 Å². The van der Waals surface area contributed by atoms with Gasteiger partial charge in [-0.2, -0.15) is 0 Å². The number of allylic oxidation sites excluding steroid dienone is 4. The predicted octanol–water partition coefficient (Wildman–Crippen LogP) is 6.88. The molecule has 1 aromatic rings. The lowest BCUT2D eigenvalue weighted by Crippen LogP contribution is -1.92. The molecule has 0 heterocycles. The molecule has 0 saturated carbocycles. The van der Waals surface area contributed by atoms with Crippen molar-refractivity contribution in [1.82, 2.24) is 0 Å². The molecule has 0 nitrogen and oxygen atoms in total. The molecule has 1 aromatic carbocycles. The minimum Gasteiger partial charge on any atom is -0.0871 e. The molecule has 0 aliphatic heterocycles. The summed E-state index contributed by atoms with van der Waals surface area (Å²) in [5, 5.41) is 0. The third kappa shape index (κ3) is 6.33. The van der Waals surface area contributed by atoms with Crippen LogP contribution < -0.4 is 0 Å². The van der Waals surface area contributed by atoms with Gasteiger partial charge in [-0.1, -0.05) is 76.0 Å². The molecule has 1 rings (SSSR count). The molecule has 0 unspecified atom stereocenters. The highest BCUT2D eigenvalue weighted by Crippen LogP contribution is 2.23. The molecule has 0 aliphatic carbocycles. The van der Waals surface area contributed by atoms with Crippen molar-refractivity contribution in [2.45, 2.75) is 72.6 Å². The molecule has 0 spiro atoms. The maximum atomic E-state index is 2.38. The fourth-order valence-corrected chi connectivity index (χ4v) is 2.81. The van der Waals surface area contributed by atoms with E-state index in [1.54, 1.807) is 0 Å². The Morgan fingerprint density at radius 2 is 1.81 bits per heavy atom. The van der Waals surface area contributed by atoms with Crippen molar-refractivity contribution < 1.29 is 0 Å². The van der Waals surface area contributed by atoms with Gasteiger partial charge in [0.2, 0.25) is 0 Å². The van der Waals surface area contributed by atoms with Crippen molar-refractivity contribution in [3.8, 4) is 0 Å². The van der Waals surface area contributed by atoms with Gasteiger partial charge < -0.3 is 0 Å². The van der Waals surface area contributed by atoms with Gasteiger partial charge in [0.15, 0.2) is 0 Å². The van der Waals surface area contributed by atoms with Crippen molar-refractivity contribution in [2.75, 3.05) is 0 Å². The molecule has 0 fully saturated rings. The molecule has 0 aromatic heterocycles. The maximum Gasteiger partial charge on any atom is -0.0158 e. The highest BCUT2D eigenvalue weighted by Gasteiger charge is 2.03. The molecule has 116 valence electrons.